The molecule has 2 N–H and O–H groups in total. The number of allylic oxidation sites excluding steroid dienone is 1. The van der Waals surface area contributed by atoms with E-state index in [0.717, 1.165) is 0 Å². The number of fused-ring (bicyclic) bond motifs is 1. The number of hydrogen-bond donors (Lipinski definition) is 2. The monoisotopic (exact) mass is 480 g/mol. The van der Waals surface area contributed by atoms with Gasteiger partial charge in [0.15, 0.2) is 0 Å². The molecule has 0 saturated carbocycles. The van der Waals surface area contributed by atoms with Gasteiger partial charge in [-0.3, -0.25) is 4.79 Å². The van der Waals surface area contributed by atoms with Crippen LogP contribution in [0, 0.1) is 5.92 Å². The highest BCUT2D eigenvalue weighted by Crippen LogP contribution is 2.37. The Morgan fingerprint density at radius 1 is 1.24 bits per heavy atom. The van der Waals surface area contributed by atoms with Crippen LogP contribution in [-0.2, 0) is 4.79 Å². The van der Waals surface area contributed by atoms with Crippen LogP contribution in [0.4, 0.5) is 23.2 Å². The largest absolute Gasteiger partial charge is 0.417 e. The molecule has 1 aromatic heterocycles. The Balaban J connectivity index is 2.48. The zero-order valence-corrected chi connectivity index (χ0v) is 20.0. The zero-order valence-electron chi connectivity index (χ0n) is 20.0. The molecule has 0 bridgehead atoms. The van der Waals surface area contributed by atoms with Crippen LogP contribution in [0.1, 0.15) is 31.7 Å². The van der Waals surface area contributed by atoms with Gasteiger partial charge in [-0.25, -0.2) is 9.37 Å². The molecular weight excluding hydrogens is 448 g/mol. The summed E-state index contributed by atoms with van der Waals surface area (Å²) >= 11 is 0. The highest BCUT2D eigenvalue weighted by molar-refractivity contribution is 6.00. The molecule has 0 aliphatic rings. The van der Waals surface area contributed by atoms with E-state index in [1.54, 1.807) is 50.3 Å². The lowest BCUT2D eigenvalue weighted by molar-refractivity contribution is -0.123. The van der Waals surface area contributed by atoms with E-state index >= 15 is 0 Å². The van der Waals surface area contributed by atoms with E-state index in [-0.39, 0.29) is 35.1 Å². The minimum absolute atomic E-state index is 0.135. The van der Waals surface area contributed by atoms with Crippen molar-refractivity contribution in [2.24, 2.45) is 5.92 Å². The Hall–Kier alpha value is -2.94. The third kappa shape index (κ3) is 7.55. The molecule has 1 heterocycles. The van der Waals surface area contributed by atoms with Gasteiger partial charge in [-0.15, -0.1) is 0 Å². The molecule has 1 atom stereocenters. The summed E-state index contributed by atoms with van der Waals surface area (Å²) in [6, 6.07) is 6.00. The third-order valence-corrected chi connectivity index (χ3v) is 5.20. The molecule has 0 spiro atoms. The van der Waals surface area contributed by atoms with Crippen LogP contribution in [0.3, 0.4) is 0 Å². The normalized spacial score (nSPS) is 13.1. The predicted octanol–water partition coefficient (Wildman–Crippen LogP) is 5.30. The number of halogens is 4. The van der Waals surface area contributed by atoms with Gasteiger partial charge in [0, 0.05) is 28.9 Å². The fourth-order valence-electron chi connectivity index (χ4n) is 3.24. The molecule has 0 unspecified atom stereocenters. The molecule has 186 valence electrons. The first kappa shape index (κ1) is 27.3. The summed E-state index contributed by atoms with van der Waals surface area (Å²) in [5.41, 5.74) is -0.566. The number of hydrogen-bond acceptors (Lipinski definition) is 4. The van der Waals surface area contributed by atoms with E-state index in [0.29, 0.717) is 24.0 Å². The lowest BCUT2D eigenvalue weighted by Crippen LogP contribution is -2.27. The van der Waals surface area contributed by atoms with Crippen molar-refractivity contribution in [2.45, 2.75) is 32.5 Å². The molecule has 0 radical (unpaired) electrons. The summed E-state index contributed by atoms with van der Waals surface area (Å²) < 4.78 is 54.3. The fraction of sp³-hybridized carbons (Fsp3) is 0.440. The first-order valence-corrected chi connectivity index (χ1v) is 11.1. The number of nitrogens with zero attached hydrogens (tertiary/aromatic N) is 2. The summed E-state index contributed by atoms with van der Waals surface area (Å²) in [6.07, 6.45) is -0.978. The Morgan fingerprint density at radius 2 is 1.94 bits per heavy atom. The number of benzene rings is 1. The van der Waals surface area contributed by atoms with Crippen LogP contribution in [0.2, 0.25) is 0 Å². The van der Waals surface area contributed by atoms with Gasteiger partial charge in [0.1, 0.15) is 6.67 Å². The molecular formula is C25H32F4N4O. The number of carbonyl (C=O) groups is 1. The van der Waals surface area contributed by atoms with Crippen molar-refractivity contribution in [1.29, 1.82) is 0 Å². The molecule has 2 aromatic rings. The second kappa shape index (κ2) is 12.0. The maximum Gasteiger partial charge on any atom is 0.417 e. The first-order chi connectivity index (χ1) is 15.9. The first-order valence-electron chi connectivity index (χ1n) is 11.1. The number of carbonyl (C=O) groups excluding carboxylic acids is 1. The maximum atomic E-state index is 13.7. The quantitative estimate of drug-likeness (QED) is 0.429. The molecule has 0 aliphatic heterocycles. The van der Waals surface area contributed by atoms with Crippen LogP contribution in [0.25, 0.3) is 22.4 Å². The number of aromatic nitrogens is 1. The van der Waals surface area contributed by atoms with Gasteiger partial charge in [-0.1, -0.05) is 38.6 Å². The van der Waals surface area contributed by atoms with Crippen molar-refractivity contribution >= 4 is 34.0 Å². The second-order valence-electron chi connectivity index (χ2n) is 8.66. The average molecular weight is 481 g/mol. The lowest BCUT2D eigenvalue weighted by atomic mass is 10.0. The lowest BCUT2D eigenvalue weighted by Gasteiger charge is -2.21. The smallest absolute Gasteiger partial charge is 0.379 e. The van der Waals surface area contributed by atoms with Crippen molar-refractivity contribution in [3.63, 3.8) is 0 Å². The number of rotatable bonds is 11. The van der Waals surface area contributed by atoms with Gasteiger partial charge in [-0.05, 0) is 45.3 Å². The Kier molecular flexibility index (Phi) is 9.61. The van der Waals surface area contributed by atoms with E-state index in [4.69, 9.17) is 0 Å². The van der Waals surface area contributed by atoms with Crippen molar-refractivity contribution in [3.05, 3.63) is 48.3 Å². The molecule has 9 heteroatoms. The number of alkyl halides is 4. The average Bonchev–Trinajstić information content (AvgIpc) is 2.77. The molecule has 1 amide bonds. The SMILES string of the molecule is C=C(c1nc(/C=C/CNC(=O)C(C)C)cc2c(N[C@@H](CF)CCN(C)C)cccc12)C(F)(F)F. The Labute approximate surface area is 197 Å². The standard InChI is InChI=1S/C25H32F4N4O/c1-16(2)24(34)30-12-7-8-18-14-21-20(23(32-18)17(3)25(27,28)29)9-6-10-22(21)31-19(15-26)11-13-33(4)5/h6-10,14,16,19,31H,3,11-13,15H2,1-2,4-5H3,(H,30,34)/b8-7+/t19-/m1/s1. The molecule has 5 nitrogen and oxygen atoms in total. The maximum absolute atomic E-state index is 13.7. The molecule has 0 aliphatic carbocycles. The van der Waals surface area contributed by atoms with Gasteiger partial charge in [0.2, 0.25) is 5.91 Å². The number of amides is 1. The van der Waals surface area contributed by atoms with Crippen molar-refractivity contribution in [3.8, 4) is 0 Å². The number of pyridine rings is 1. The van der Waals surface area contributed by atoms with E-state index in [1.165, 1.54) is 0 Å². The van der Waals surface area contributed by atoms with Gasteiger partial charge in [0.25, 0.3) is 0 Å². The van der Waals surface area contributed by atoms with Gasteiger partial charge >= 0.3 is 6.18 Å². The van der Waals surface area contributed by atoms with Crippen LogP contribution in [0.5, 0.6) is 0 Å². The predicted molar refractivity (Wildman–Crippen MR) is 130 cm³/mol. The van der Waals surface area contributed by atoms with Gasteiger partial charge in [-0.2, -0.15) is 13.2 Å². The van der Waals surface area contributed by atoms with Crippen molar-refractivity contribution < 1.29 is 22.4 Å². The molecule has 1 aromatic carbocycles. The summed E-state index contributed by atoms with van der Waals surface area (Å²) in [6.45, 7) is 6.99. The molecule has 2 rings (SSSR count). The molecule has 34 heavy (non-hydrogen) atoms. The van der Waals surface area contributed by atoms with E-state index in [1.807, 2.05) is 19.0 Å². The summed E-state index contributed by atoms with van der Waals surface area (Å²) in [4.78, 5) is 17.8. The highest BCUT2D eigenvalue weighted by Gasteiger charge is 2.35. The van der Waals surface area contributed by atoms with E-state index < -0.39 is 24.5 Å². The van der Waals surface area contributed by atoms with Crippen molar-refractivity contribution in [1.82, 2.24) is 15.2 Å². The van der Waals surface area contributed by atoms with Crippen LogP contribution >= 0.6 is 0 Å². The zero-order chi connectivity index (χ0) is 25.5. The second-order valence-corrected chi connectivity index (χ2v) is 8.66. The minimum Gasteiger partial charge on any atom is -0.379 e. The van der Waals surface area contributed by atoms with Gasteiger partial charge in [0.05, 0.1) is 23.0 Å². The van der Waals surface area contributed by atoms with Crippen LogP contribution < -0.4 is 10.6 Å². The Bertz CT molecular complexity index is 1030. The van der Waals surface area contributed by atoms with Crippen LogP contribution in [-0.4, -0.2) is 61.9 Å². The number of anilines is 1. The highest BCUT2D eigenvalue weighted by atomic mass is 19.4. The summed E-state index contributed by atoms with van der Waals surface area (Å²) in [5.74, 6) is -0.317. The summed E-state index contributed by atoms with van der Waals surface area (Å²) in [5, 5.41) is 6.59. The van der Waals surface area contributed by atoms with E-state index in [2.05, 4.69) is 22.2 Å². The topological polar surface area (TPSA) is 57.3 Å². The van der Waals surface area contributed by atoms with Crippen LogP contribution in [0.15, 0.2) is 36.9 Å². The summed E-state index contributed by atoms with van der Waals surface area (Å²) in [7, 11) is 3.77. The molecule has 0 saturated heterocycles. The third-order valence-electron chi connectivity index (χ3n) is 5.20. The Morgan fingerprint density at radius 3 is 2.53 bits per heavy atom. The minimum atomic E-state index is -4.66. The van der Waals surface area contributed by atoms with Crippen molar-refractivity contribution in [2.75, 3.05) is 39.2 Å². The number of nitrogens with one attached hydrogen (secondary N) is 2. The van der Waals surface area contributed by atoms with Gasteiger partial charge < -0.3 is 15.5 Å². The molecule has 0 fully saturated rings. The fourth-order valence-corrected chi connectivity index (χ4v) is 3.24. The van der Waals surface area contributed by atoms with E-state index in [9.17, 15) is 22.4 Å².